The Kier molecular flexibility index (Phi) is 5.53. The lowest BCUT2D eigenvalue weighted by atomic mass is 9.93. The molecule has 0 bridgehead atoms. The minimum Gasteiger partial charge on any atom is -0.480 e. The van der Waals surface area contributed by atoms with Crippen molar-refractivity contribution in [2.45, 2.75) is 24.8 Å². The first-order valence-corrected chi connectivity index (χ1v) is 11.1. The molecular formula is C27H23FN2O4. The van der Waals surface area contributed by atoms with Crippen LogP contribution in [0.1, 0.15) is 35.4 Å². The number of benzene rings is 3. The number of aliphatic carboxylic acids is 1. The summed E-state index contributed by atoms with van der Waals surface area (Å²) >= 11 is 0. The molecule has 1 heterocycles. The molecule has 5 rings (SSSR count). The first-order chi connectivity index (χ1) is 16.5. The second kappa shape index (κ2) is 8.67. The Morgan fingerprint density at radius 1 is 1.03 bits per heavy atom. The van der Waals surface area contributed by atoms with Crippen molar-refractivity contribution in [3.05, 3.63) is 95.4 Å². The lowest BCUT2D eigenvalue weighted by Gasteiger charge is -2.22. The first-order valence-electron chi connectivity index (χ1n) is 11.1. The number of carbonyl (C=O) groups is 2. The van der Waals surface area contributed by atoms with E-state index in [1.165, 1.54) is 6.07 Å². The van der Waals surface area contributed by atoms with Gasteiger partial charge in [-0.25, -0.2) is 14.0 Å². The van der Waals surface area contributed by atoms with Crippen LogP contribution in [-0.4, -0.2) is 34.8 Å². The van der Waals surface area contributed by atoms with Gasteiger partial charge in [-0.3, -0.25) is 0 Å². The maximum atomic E-state index is 14.4. The van der Waals surface area contributed by atoms with Gasteiger partial charge in [0.1, 0.15) is 18.5 Å². The fourth-order valence-corrected chi connectivity index (χ4v) is 4.87. The van der Waals surface area contributed by atoms with E-state index in [0.29, 0.717) is 16.5 Å². The van der Waals surface area contributed by atoms with Gasteiger partial charge in [-0.1, -0.05) is 61.5 Å². The van der Waals surface area contributed by atoms with Gasteiger partial charge in [-0.15, -0.1) is 0 Å². The summed E-state index contributed by atoms with van der Waals surface area (Å²) in [5.41, 5.74) is 5.37. The molecule has 0 spiro atoms. The van der Waals surface area contributed by atoms with Gasteiger partial charge >= 0.3 is 12.1 Å². The number of amides is 1. The lowest BCUT2D eigenvalue weighted by Crippen LogP contribution is -2.44. The Balaban J connectivity index is 1.33. The molecule has 3 N–H and O–H groups in total. The number of aromatic nitrogens is 1. The number of halogens is 1. The highest BCUT2D eigenvalue weighted by Crippen LogP contribution is 2.44. The van der Waals surface area contributed by atoms with Crippen LogP contribution in [-0.2, 0) is 9.53 Å². The quantitative estimate of drug-likeness (QED) is 0.361. The zero-order chi connectivity index (χ0) is 23.8. The Morgan fingerprint density at radius 3 is 2.32 bits per heavy atom. The van der Waals surface area contributed by atoms with E-state index in [9.17, 15) is 19.1 Å². The minimum absolute atomic E-state index is 0.0717. The number of hydrogen-bond donors (Lipinski definition) is 3. The monoisotopic (exact) mass is 458 g/mol. The molecule has 3 aromatic carbocycles. The van der Waals surface area contributed by atoms with Crippen molar-refractivity contribution in [1.29, 1.82) is 0 Å². The van der Waals surface area contributed by atoms with Crippen LogP contribution in [0.3, 0.4) is 0 Å². The van der Waals surface area contributed by atoms with Crippen LogP contribution in [0.2, 0.25) is 0 Å². The van der Waals surface area contributed by atoms with Crippen molar-refractivity contribution in [2.75, 3.05) is 6.61 Å². The minimum atomic E-state index is -1.30. The van der Waals surface area contributed by atoms with Crippen LogP contribution in [0, 0.1) is 5.82 Å². The number of carbonyl (C=O) groups excluding carboxylic acids is 1. The van der Waals surface area contributed by atoms with Gasteiger partial charge in [0.05, 0.1) is 0 Å². The predicted molar refractivity (Wildman–Crippen MR) is 126 cm³/mol. The van der Waals surface area contributed by atoms with Crippen molar-refractivity contribution in [3.8, 4) is 11.1 Å². The molecule has 0 aliphatic heterocycles. The van der Waals surface area contributed by atoms with Gasteiger partial charge in [-0.2, -0.15) is 0 Å². The summed E-state index contributed by atoms with van der Waals surface area (Å²) in [6, 6.07) is 19.2. The molecule has 1 aromatic heterocycles. The van der Waals surface area contributed by atoms with Crippen molar-refractivity contribution < 1.29 is 23.8 Å². The fourth-order valence-electron chi connectivity index (χ4n) is 4.87. The van der Waals surface area contributed by atoms with E-state index >= 15 is 0 Å². The van der Waals surface area contributed by atoms with Gasteiger partial charge in [0.2, 0.25) is 0 Å². The molecule has 6 nitrogen and oxygen atoms in total. The summed E-state index contributed by atoms with van der Waals surface area (Å²) in [6.07, 6.45) is 0.745. The number of carboxylic acids is 1. The molecular weight excluding hydrogens is 435 g/mol. The Labute approximate surface area is 195 Å². The number of carboxylic acid groups (broad SMARTS) is 1. The fraction of sp³-hybridized carbons (Fsp3) is 0.185. The van der Waals surface area contributed by atoms with E-state index in [2.05, 4.69) is 10.3 Å². The summed E-state index contributed by atoms with van der Waals surface area (Å²) < 4.78 is 19.9. The summed E-state index contributed by atoms with van der Waals surface area (Å²) in [4.78, 5) is 27.6. The normalized spacial score (nSPS) is 14.3. The molecule has 172 valence electrons. The van der Waals surface area contributed by atoms with Crippen LogP contribution in [0.25, 0.3) is 22.0 Å². The summed E-state index contributed by atoms with van der Waals surface area (Å²) in [7, 11) is 0. The van der Waals surface area contributed by atoms with Gasteiger partial charge in [0.15, 0.2) is 0 Å². The molecule has 0 radical (unpaired) electrons. The van der Waals surface area contributed by atoms with E-state index in [1.54, 1.807) is 25.3 Å². The number of alkyl carbamates (subject to hydrolysis) is 1. The van der Waals surface area contributed by atoms with E-state index in [0.717, 1.165) is 22.3 Å². The molecule has 2 unspecified atom stereocenters. The topological polar surface area (TPSA) is 91.4 Å². The summed E-state index contributed by atoms with van der Waals surface area (Å²) in [6.45, 7) is 1.71. The number of H-pyrrole nitrogens is 1. The summed E-state index contributed by atoms with van der Waals surface area (Å²) in [5, 5.41) is 12.6. The molecule has 1 aliphatic rings. The molecule has 4 aromatic rings. The second-order valence-electron chi connectivity index (χ2n) is 8.48. The Bertz CT molecular complexity index is 1350. The molecule has 1 amide bonds. The van der Waals surface area contributed by atoms with Crippen LogP contribution < -0.4 is 5.32 Å². The van der Waals surface area contributed by atoms with Crippen LogP contribution in [0.5, 0.6) is 0 Å². The number of aromatic amines is 1. The van der Waals surface area contributed by atoms with E-state index < -0.39 is 29.8 Å². The predicted octanol–water partition coefficient (Wildman–Crippen LogP) is 5.40. The highest BCUT2D eigenvalue weighted by Gasteiger charge is 2.32. The maximum Gasteiger partial charge on any atom is 0.407 e. The second-order valence-corrected chi connectivity index (χ2v) is 8.48. The maximum absolute atomic E-state index is 14.4. The van der Waals surface area contributed by atoms with Crippen molar-refractivity contribution >= 4 is 23.0 Å². The highest BCUT2D eigenvalue weighted by atomic mass is 19.1. The van der Waals surface area contributed by atoms with Crippen LogP contribution in [0.4, 0.5) is 9.18 Å². The SMILES string of the molecule is CC(c1c[nH]c2cccc(F)c12)C(NC(=O)OCC1c2ccccc2-c2ccccc21)C(=O)O. The molecule has 2 atom stereocenters. The van der Waals surface area contributed by atoms with Gasteiger partial charge in [0, 0.05) is 28.9 Å². The molecule has 1 aliphatic carbocycles. The van der Waals surface area contributed by atoms with Crippen molar-refractivity contribution in [2.24, 2.45) is 0 Å². The Hall–Kier alpha value is -4.13. The lowest BCUT2D eigenvalue weighted by molar-refractivity contribution is -0.139. The van der Waals surface area contributed by atoms with E-state index in [1.807, 2.05) is 48.5 Å². The largest absolute Gasteiger partial charge is 0.480 e. The smallest absolute Gasteiger partial charge is 0.407 e. The standard InChI is InChI=1S/C27H23FN2O4/c1-15(20-13-29-23-12-6-11-22(28)24(20)23)25(26(31)32)30-27(33)34-14-21-18-9-4-2-7-16(18)17-8-3-5-10-19(17)21/h2-13,15,21,25,29H,14H2,1H3,(H,30,33)(H,31,32). The molecule has 7 heteroatoms. The molecule has 0 saturated carbocycles. The van der Waals surface area contributed by atoms with Gasteiger partial charge in [-0.05, 0) is 39.9 Å². The Morgan fingerprint density at radius 2 is 1.68 bits per heavy atom. The van der Waals surface area contributed by atoms with Gasteiger partial charge in [0.25, 0.3) is 0 Å². The van der Waals surface area contributed by atoms with Crippen molar-refractivity contribution in [1.82, 2.24) is 10.3 Å². The number of nitrogens with one attached hydrogen (secondary N) is 2. The first kappa shape index (κ1) is 21.7. The van der Waals surface area contributed by atoms with Gasteiger partial charge < -0.3 is 20.1 Å². The number of hydrogen-bond acceptors (Lipinski definition) is 3. The number of rotatable bonds is 6. The average molecular weight is 458 g/mol. The summed E-state index contributed by atoms with van der Waals surface area (Å²) in [5.74, 6) is -2.53. The third kappa shape index (κ3) is 3.69. The number of ether oxygens (including phenoxy) is 1. The zero-order valence-corrected chi connectivity index (χ0v) is 18.4. The van der Waals surface area contributed by atoms with Crippen LogP contribution in [0.15, 0.2) is 72.9 Å². The molecule has 34 heavy (non-hydrogen) atoms. The third-order valence-corrected chi connectivity index (χ3v) is 6.56. The zero-order valence-electron chi connectivity index (χ0n) is 18.4. The van der Waals surface area contributed by atoms with Crippen molar-refractivity contribution in [3.63, 3.8) is 0 Å². The molecule has 0 saturated heterocycles. The average Bonchev–Trinajstić information content (AvgIpc) is 3.41. The molecule has 0 fully saturated rings. The van der Waals surface area contributed by atoms with E-state index in [4.69, 9.17) is 4.74 Å². The highest BCUT2D eigenvalue weighted by molar-refractivity contribution is 5.87. The van der Waals surface area contributed by atoms with E-state index in [-0.39, 0.29) is 12.5 Å². The third-order valence-electron chi connectivity index (χ3n) is 6.56. The number of fused-ring (bicyclic) bond motifs is 4. The van der Waals surface area contributed by atoms with Crippen LogP contribution >= 0.6 is 0 Å².